The molecule has 0 unspecified atom stereocenters. The molecule has 21 heavy (non-hydrogen) atoms. The quantitative estimate of drug-likeness (QED) is 0.797. The zero-order chi connectivity index (χ0) is 15.5. The second-order valence-corrected chi connectivity index (χ2v) is 6.84. The van der Waals surface area contributed by atoms with E-state index in [1.165, 1.54) is 12.1 Å². The van der Waals surface area contributed by atoms with E-state index >= 15 is 0 Å². The fraction of sp³-hybridized carbons (Fsp3) is 0.188. The van der Waals surface area contributed by atoms with Crippen molar-refractivity contribution in [2.24, 2.45) is 0 Å². The Labute approximate surface area is 124 Å². The van der Waals surface area contributed by atoms with E-state index in [1.807, 2.05) is 19.1 Å². The summed E-state index contributed by atoms with van der Waals surface area (Å²) in [6, 6.07) is 13.3. The maximum atomic E-state index is 12.0. The predicted octanol–water partition coefficient (Wildman–Crippen LogP) is 2.66. The molecule has 2 aromatic carbocycles. The number of ether oxygens (including phenoxy) is 1. The Morgan fingerprint density at radius 3 is 2.33 bits per heavy atom. The van der Waals surface area contributed by atoms with Crippen molar-refractivity contribution in [3.05, 3.63) is 59.7 Å². The number of sulfone groups is 1. The van der Waals surface area contributed by atoms with Crippen molar-refractivity contribution in [1.82, 2.24) is 0 Å². The third-order valence-corrected chi connectivity index (χ3v) is 4.09. The molecule has 0 aliphatic rings. The molecule has 0 atom stereocenters. The summed E-state index contributed by atoms with van der Waals surface area (Å²) in [6.45, 7) is 1.84. The van der Waals surface area contributed by atoms with Crippen LogP contribution in [0.5, 0.6) is 5.75 Å². The highest BCUT2D eigenvalue weighted by atomic mass is 32.2. The highest BCUT2D eigenvalue weighted by molar-refractivity contribution is 7.90. The van der Waals surface area contributed by atoms with Crippen molar-refractivity contribution in [3.63, 3.8) is 0 Å². The largest absolute Gasteiger partial charge is 0.485 e. The minimum absolute atomic E-state index is 0.0817. The lowest BCUT2D eigenvalue weighted by Crippen LogP contribution is -2.11. The van der Waals surface area contributed by atoms with E-state index in [-0.39, 0.29) is 17.3 Å². The fourth-order valence-electron chi connectivity index (χ4n) is 1.83. The first-order valence-corrected chi connectivity index (χ1v) is 8.28. The van der Waals surface area contributed by atoms with Crippen LogP contribution in [0.3, 0.4) is 0 Å². The van der Waals surface area contributed by atoms with Gasteiger partial charge in [0.1, 0.15) is 5.75 Å². The van der Waals surface area contributed by atoms with E-state index in [9.17, 15) is 13.2 Å². The fourth-order valence-corrected chi connectivity index (χ4v) is 2.46. The summed E-state index contributed by atoms with van der Waals surface area (Å²) >= 11 is 0. The molecule has 0 saturated heterocycles. The second-order valence-electron chi connectivity index (χ2n) is 4.82. The van der Waals surface area contributed by atoms with Crippen LogP contribution < -0.4 is 4.74 Å². The number of ketones is 1. The van der Waals surface area contributed by atoms with E-state index in [0.717, 1.165) is 11.8 Å². The number of carbonyl (C=O) groups is 1. The molecule has 0 aromatic heterocycles. The average Bonchev–Trinajstić information content (AvgIpc) is 2.44. The minimum Gasteiger partial charge on any atom is -0.485 e. The van der Waals surface area contributed by atoms with E-state index in [4.69, 9.17) is 4.74 Å². The smallest absolute Gasteiger partial charge is 0.200 e. The van der Waals surface area contributed by atoms with Crippen molar-refractivity contribution >= 4 is 15.6 Å². The standard InChI is InChI=1S/C16H16O4S/c1-12-4-3-5-13(10-12)16(17)11-20-14-6-8-15(9-7-14)21(2,18)19/h3-10H,11H2,1-2H3. The maximum Gasteiger partial charge on any atom is 0.200 e. The summed E-state index contributed by atoms with van der Waals surface area (Å²) in [5, 5.41) is 0. The van der Waals surface area contributed by atoms with Gasteiger partial charge in [0, 0.05) is 11.8 Å². The third kappa shape index (κ3) is 4.16. The number of benzene rings is 2. The lowest BCUT2D eigenvalue weighted by molar-refractivity contribution is 0.0921. The molecule has 4 nitrogen and oxygen atoms in total. The number of rotatable bonds is 5. The van der Waals surface area contributed by atoms with Crippen LogP contribution in [0.4, 0.5) is 0 Å². The normalized spacial score (nSPS) is 11.1. The van der Waals surface area contributed by atoms with E-state index in [1.54, 1.807) is 24.3 Å². The van der Waals surface area contributed by atoms with E-state index < -0.39 is 9.84 Å². The Kier molecular flexibility index (Phi) is 4.43. The highest BCUT2D eigenvalue weighted by Crippen LogP contribution is 2.16. The number of Topliss-reactive ketones (excluding diaryl/α,β-unsaturated/α-hetero) is 1. The Morgan fingerprint density at radius 2 is 1.76 bits per heavy atom. The molecule has 0 saturated carbocycles. The molecule has 0 bridgehead atoms. The monoisotopic (exact) mass is 304 g/mol. The van der Waals surface area contributed by atoms with Crippen molar-refractivity contribution in [3.8, 4) is 5.75 Å². The van der Waals surface area contributed by atoms with E-state index in [2.05, 4.69) is 0 Å². The van der Waals surface area contributed by atoms with Gasteiger partial charge in [-0.1, -0.05) is 23.8 Å². The van der Waals surface area contributed by atoms with E-state index in [0.29, 0.717) is 11.3 Å². The van der Waals surface area contributed by atoms with Crippen LogP contribution in [0, 0.1) is 6.92 Å². The molecule has 0 fully saturated rings. The summed E-state index contributed by atoms with van der Waals surface area (Å²) in [7, 11) is -3.22. The van der Waals surface area contributed by atoms with Crippen LogP contribution in [-0.4, -0.2) is 27.1 Å². The molecule has 2 aromatic rings. The molecule has 5 heteroatoms. The van der Waals surface area contributed by atoms with Crippen molar-refractivity contribution < 1.29 is 17.9 Å². The van der Waals surface area contributed by atoms with Gasteiger partial charge in [-0.25, -0.2) is 8.42 Å². The van der Waals surface area contributed by atoms with Gasteiger partial charge < -0.3 is 4.74 Å². The summed E-state index contributed by atoms with van der Waals surface area (Å²) in [6.07, 6.45) is 1.14. The first-order valence-electron chi connectivity index (χ1n) is 6.39. The molecule has 0 N–H and O–H groups in total. The zero-order valence-electron chi connectivity index (χ0n) is 11.9. The molecule has 2 rings (SSSR count). The van der Waals surface area contributed by atoms with Crippen LogP contribution in [0.25, 0.3) is 0 Å². The SMILES string of the molecule is Cc1cccc(C(=O)COc2ccc(S(C)(=O)=O)cc2)c1. The molecular weight excluding hydrogens is 288 g/mol. The number of hydrogen-bond donors (Lipinski definition) is 0. The van der Waals surface area contributed by atoms with Crippen molar-refractivity contribution in [2.45, 2.75) is 11.8 Å². The zero-order valence-corrected chi connectivity index (χ0v) is 12.7. The molecule has 0 radical (unpaired) electrons. The number of hydrogen-bond acceptors (Lipinski definition) is 4. The van der Waals surface area contributed by atoms with Crippen molar-refractivity contribution in [1.29, 1.82) is 0 Å². The van der Waals surface area contributed by atoms with Gasteiger partial charge in [0.25, 0.3) is 0 Å². The summed E-state index contributed by atoms with van der Waals surface area (Å²) in [4.78, 5) is 12.2. The Balaban J connectivity index is 2.02. The first kappa shape index (κ1) is 15.3. The van der Waals surface area contributed by atoms with Crippen LogP contribution in [-0.2, 0) is 9.84 Å². The summed E-state index contributed by atoms with van der Waals surface area (Å²) in [5.41, 5.74) is 1.61. The molecule has 0 aliphatic carbocycles. The Bertz CT molecular complexity index is 746. The van der Waals surface area contributed by atoms with Crippen molar-refractivity contribution in [2.75, 3.05) is 12.9 Å². The summed E-state index contributed by atoms with van der Waals surface area (Å²) < 4.78 is 28.0. The van der Waals surface area contributed by atoms with Crippen LogP contribution in [0.1, 0.15) is 15.9 Å². The van der Waals surface area contributed by atoms with Gasteiger partial charge in [0.05, 0.1) is 4.90 Å². The lowest BCUT2D eigenvalue weighted by Gasteiger charge is -2.07. The molecule has 0 amide bonds. The minimum atomic E-state index is -3.22. The molecule has 0 aliphatic heterocycles. The van der Waals surface area contributed by atoms with Gasteiger partial charge >= 0.3 is 0 Å². The summed E-state index contributed by atoms with van der Waals surface area (Å²) in [5.74, 6) is 0.342. The molecular formula is C16H16O4S. The van der Waals surface area contributed by atoms with Gasteiger partial charge in [-0.3, -0.25) is 4.79 Å². The van der Waals surface area contributed by atoms with Gasteiger partial charge in [0.15, 0.2) is 22.2 Å². The first-order chi connectivity index (χ1) is 9.86. The van der Waals surface area contributed by atoms with Gasteiger partial charge in [-0.2, -0.15) is 0 Å². The predicted molar refractivity (Wildman–Crippen MR) is 80.6 cm³/mol. The average molecular weight is 304 g/mol. The lowest BCUT2D eigenvalue weighted by atomic mass is 10.1. The second kappa shape index (κ2) is 6.10. The molecule has 0 heterocycles. The highest BCUT2D eigenvalue weighted by Gasteiger charge is 2.09. The number of aryl methyl sites for hydroxylation is 1. The molecule has 0 spiro atoms. The van der Waals surface area contributed by atoms with Gasteiger partial charge in [-0.05, 0) is 37.3 Å². The maximum absolute atomic E-state index is 12.0. The van der Waals surface area contributed by atoms with Crippen LogP contribution >= 0.6 is 0 Å². The Morgan fingerprint density at radius 1 is 1.10 bits per heavy atom. The topological polar surface area (TPSA) is 60.4 Å². The van der Waals surface area contributed by atoms with Gasteiger partial charge in [0.2, 0.25) is 0 Å². The number of carbonyl (C=O) groups excluding carboxylic acids is 1. The van der Waals surface area contributed by atoms with Crippen LogP contribution in [0.2, 0.25) is 0 Å². The molecule has 110 valence electrons. The van der Waals surface area contributed by atoms with Crippen LogP contribution in [0.15, 0.2) is 53.4 Å². The Hall–Kier alpha value is -2.14. The third-order valence-electron chi connectivity index (χ3n) is 2.96. The van der Waals surface area contributed by atoms with Gasteiger partial charge in [-0.15, -0.1) is 0 Å².